The highest BCUT2D eigenvalue weighted by Gasteiger charge is 2.15. The van der Waals surface area contributed by atoms with Gasteiger partial charge in [0, 0.05) is 30.7 Å². The Morgan fingerprint density at radius 3 is 3.10 bits per heavy atom. The highest BCUT2D eigenvalue weighted by Crippen LogP contribution is 2.12. The minimum Gasteiger partial charge on any atom is -0.395 e. The number of amides is 1. The molecule has 1 heterocycles. The molecule has 1 aliphatic heterocycles. The van der Waals surface area contributed by atoms with Crippen LogP contribution in [-0.4, -0.2) is 36.9 Å². The van der Waals surface area contributed by atoms with Gasteiger partial charge in [0.2, 0.25) is 0 Å². The van der Waals surface area contributed by atoms with Crippen LogP contribution in [0.25, 0.3) is 0 Å². The van der Waals surface area contributed by atoms with Gasteiger partial charge >= 0.3 is 0 Å². The fraction of sp³-hybridized carbons (Fsp3) is 0.471. The van der Waals surface area contributed by atoms with Gasteiger partial charge in [-0.15, -0.1) is 0 Å². The Bertz CT molecular complexity index is 524. The molecule has 0 radical (unpaired) electrons. The molecule has 1 aromatic rings. The molecule has 112 valence electrons. The summed E-state index contributed by atoms with van der Waals surface area (Å²) in [7, 11) is 0. The number of ether oxygens (including phenoxy) is 1. The second-order valence-corrected chi connectivity index (χ2v) is 5.05. The average Bonchev–Trinajstić information content (AvgIpc) is 2.54. The van der Waals surface area contributed by atoms with E-state index in [4.69, 9.17) is 9.84 Å². The van der Waals surface area contributed by atoms with E-state index in [9.17, 15) is 4.79 Å². The normalized spacial score (nSPS) is 17.7. The summed E-state index contributed by atoms with van der Waals surface area (Å²) < 4.78 is 5.59. The molecule has 1 amide bonds. The molecule has 1 atom stereocenters. The van der Waals surface area contributed by atoms with Gasteiger partial charge in [0.25, 0.3) is 5.91 Å². The van der Waals surface area contributed by atoms with E-state index in [1.54, 1.807) is 12.1 Å². The number of aliphatic hydroxyl groups excluding tert-OH is 1. The molecule has 1 fully saturated rings. The van der Waals surface area contributed by atoms with E-state index >= 15 is 0 Å². The maximum Gasteiger partial charge on any atom is 0.251 e. The number of benzene rings is 1. The van der Waals surface area contributed by atoms with E-state index < -0.39 is 0 Å². The molecule has 0 aromatic heterocycles. The van der Waals surface area contributed by atoms with Crippen LogP contribution in [0.15, 0.2) is 24.3 Å². The minimum absolute atomic E-state index is 0.0502. The number of carbonyl (C=O) groups is 1. The van der Waals surface area contributed by atoms with Crippen molar-refractivity contribution in [2.24, 2.45) is 0 Å². The highest BCUT2D eigenvalue weighted by atomic mass is 16.5. The van der Waals surface area contributed by atoms with Gasteiger partial charge in [0.1, 0.15) is 0 Å². The van der Waals surface area contributed by atoms with Gasteiger partial charge in [0.15, 0.2) is 0 Å². The van der Waals surface area contributed by atoms with Gasteiger partial charge < -0.3 is 15.2 Å². The number of rotatable bonds is 4. The Morgan fingerprint density at radius 1 is 1.43 bits per heavy atom. The molecule has 1 aliphatic rings. The zero-order valence-corrected chi connectivity index (χ0v) is 12.1. The summed E-state index contributed by atoms with van der Waals surface area (Å²) in [5.74, 6) is 5.68. The Morgan fingerprint density at radius 2 is 2.33 bits per heavy atom. The third-order valence-corrected chi connectivity index (χ3v) is 3.36. The predicted octanol–water partition coefficient (Wildman–Crippen LogP) is 1.72. The molecular formula is C17H21NO3. The maximum absolute atomic E-state index is 12.1. The summed E-state index contributed by atoms with van der Waals surface area (Å²) in [5, 5.41) is 11.6. The van der Waals surface area contributed by atoms with Crippen molar-refractivity contribution in [2.75, 3.05) is 19.8 Å². The molecule has 1 saturated heterocycles. The monoisotopic (exact) mass is 287 g/mol. The first-order valence-electron chi connectivity index (χ1n) is 7.39. The van der Waals surface area contributed by atoms with Crippen molar-refractivity contribution in [1.82, 2.24) is 5.32 Å². The zero-order chi connectivity index (χ0) is 14.9. The van der Waals surface area contributed by atoms with Gasteiger partial charge in [-0.3, -0.25) is 4.79 Å². The lowest BCUT2D eigenvalue weighted by Crippen LogP contribution is -2.35. The number of aliphatic hydroxyl groups is 1. The molecule has 0 aliphatic carbocycles. The second kappa shape index (κ2) is 8.46. The molecule has 0 bridgehead atoms. The largest absolute Gasteiger partial charge is 0.395 e. The van der Waals surface area contributed by atoms with E-state index in [2.05, 4.69) is 17.2 Å². The van der Waals surface area contributed by atoms with E-state index in [1.807, 2.05) is 12.1 Å². The molecule has 0 saturated carbocycles. The molecule has 1 unspecified atom stereocenters. The van der Waals surface area contributed by atoms with Crippen LogP contribution < -0.4 is 5.32 Å². The summed E-state index contributed by atoms with van der Waals surface area (Å²) >= 11 is 0. The lowest BCUT2D eigenvalue weighted by Gasteiger charge is -2.22. The molecule has 4 nitrogen and oxygen atoms in total. The molecule has 4 heteroatoms. The van der Waals surface area contributed by atoms with Crippen LogP contribution in [0.4, 0.5) is 0 Å². The van der Waals surface area contributed by atoms with Crippen LogP contribution >= 0.6 is 0 Å². The number of hydrogen-bond donors (Lipinski definition) is 2. The van der Waals surface area contributed by atoms with Crippen molar-refractivity contribution in [1.29, 1.82) is 0 Å². The molecule has 21 heavy (non-hydrogen) atoms. The van der Waals surface area contributed by atoms with E-state index in [0.29, 0.717) is 18.5 Å². The minimum atomic E-state index is -0.102. The van der Waals surface area contributed by atoms with E-state index in [0.717, 1.165) is 31.4 Å². The Balaban J connectivity index is 1.89. The number of hydrogen-bond acceptors (Lipinski definition) is 3. The lowest BCUT2D eigenvalue weighted by molar-refractivity contribution is 0.0169. The summed E-state index contributed by atoms with van der Waals surface area (Å²) in [6.07, 6.45) is 3.85. The Hall–Kier alpha value is -1.83. The highest BCUT2D eigenvalue weighted by molar-refractivity contribution is 5.94. The fourth-order valence-corrected chi connectivity index (χ4v) is 2.24. The van der Waals surface area contributed by atoms with Crippen molar-refractivity contribution in [3.8, 4) is 11.8 Å². The summed E-state index contributed by atoms with van der Waals surface area (Å²) in [5.41, 5.74) is 1.38. The molecule has 1 aromatic carbocycles. The number of carbonyl (C=O) groups excluding carboxylic acids is 1. The SMILES string of the molecule is O=C(NCC1CCCCO1)c1cccc(C#CCCO)c1. The van der Waals surface area contributed by atoms with Crippen LogP contribution in [0.2, 0.25) is 0 Å². The van der Waals surface area contributed by atoms with Crippen LogP contribution in [0.3, 0.4) is 0 Å². The zero-order valence-electron chi connectivity index (χ0n) is 12.1. The van der Waals surface area contributed by atoms with Crippen LogP contribution in [0.5, 0.6) is 0 Å². The van der Waals surface area contributed by atoms with Crippen molar-refractivity contribution in [2.45, 2.75) is 31.8 Å². The second-order valence-electron chi connectivity index (χ2n) is 5.05. The van der Waals surface area contributed by atoms with E-state index in [1.165, 1.54) is 0 Å². The molecule has 2 N–H and O–H groups in total. The third kappa shape index (κ3) is 5.22. The van der Waals surface area contributed by atoms with Gasteiger partial charge in [-0.05, 0) is 37.5 Å². The topological polar surface area (TPSA) is 58.6 Å². The first-order chi connectivity index (χ1) is 10.3. The lowest BCUT2D eigenvalue weighted by atomic mass is 10.1. The number of nitrogens with one attached hydrogen (secondary N) is 1. The van der Waals surface area contributed by atoms with Crippen molar-refractivity contribution >= 4 is 5.91 Å². The molecule has 2 rings (SSSR count). The van der Waals surface area contributed by atoms with Gasteiger partial charge in [0.05, 0.1) is 12.7 Å². The molecular weight excluding hydrogens is 266 g/mol. The fourth-order valence-electron chi connectivity index (χ4n) is 2.24. The average molecular weight is 287 g/mol. The van der Waals surface area contributed by atoms with Crippen molar-refractivity contribution < 1.29 is 14.6 Å². The summed E-state index contributed by atoms with van der Waals surface area (Å²) in [6, 6.07) is 7.20. The Labute approximate surface area is 125 Å². The van der Waals surface area contributed by atoms with Crippen LogP contribution in [-0.2, 0) is 4.74 Å². The third-order valence-electron chi connectivity index (χ3n) is 3.36. The molecule has 0 spiro atoms. The standard InChI is InChI=1S/C17H21NO3/c19-10-3-1-6-14-7-5-8-15(12-14)17(20)18-13-16-9-2-4-11-21-16/h5,7-8,12,16,19H,2-4,9-11,13H2,(H,18,20). The predicted molar refractivity (Wildman–Crippen MR) is 80.9 cm³/mol. The van der Waals surface area contributed by atoms with E-state index in [-0.39, 0.29) is 18.6 Å². The first kappa shape index (κ1) is 15.6. The first-order valence-corrected chi connectivity index (χ1v) is 7.39. The van der Waals surface area contributed by atoms with Crippen molar-refractivity contribution in [3.63, 3.8) is 0 Å². The van der Waals surface area contributed by atoms with Gasteiger partial charge in [-0.1, -0.05) is 17.9 Å². The smallest absolute Gasteiger partial charge is 0.251 e. The van der Waals surface area contributed by atoms with Gasteiger partial charge in [-0.2, -0.15) is 0 Å². The quantitative estimate of drug-likeness (QED) is 0.829. The summed E-state index contributed by atoms with van der Waals surface area (Å²) in [4.78, 5) is 12.1. The van der Waals surface area contributed by atoms with Crippen molar-refractivity contribution in [3.05, 3.63) is 35.4 Å². The van der Waals surface area contributed by atoms with Crippen LogP contribution in [0.1, 0.15) is 41.6 Å². The summed E-state index contributed by atoms with van der Waals surface area (Å²) in [6.45, 7) is 1.39. The Kier molecular flexibility index (Phi) is 6.26. The van der Waals surface area contributed by atoms with Gasteiger partial charge in [-0.25, -0.2) is 0 Å². The van der Waals surface area contributed by atoms with Crippen LogP contribution in [0, 0.1) is 11.8 Å². The maximum atomic E-state index is 12.1.